The fraction of sp³-hybridized carbons (Fsp3) is 0.333. The van der Waals surface area contributed by atoms with Gasteiger partial charge in [-0.15, -0.1) is 0 Å². The lowest BCUT2D eigenvalue weighted by molar-refractivity contribution is -0.122. The Labute approximate surface area is 247 Å². The maximum Gasteiger partial charge on any atom is 0.238 e. The van der Waals surface area contributed by atoms with Crippen molar-refractivity contribution in [2.24, 2.45) is 17.8 Å². The van der Waals surface area contributed by atoms with Gasteiger partial charge in [-0.05, 0) is 80.1 Å². The minimum Gasteiger partial charge on any atom is -0.507 e. The molecule has 2 amide bonds. The molecular formula is C36H38N2O4. The lowest BCUT2D eigenvalue weighted by atomic mass is 9.69. The summed E-state index contributed by atoms with van der Waals surface area (Å²) in [6, 6.07) is 24.8. The van der Waals surface area contributed by atoms with E-state index in [1.807, 2.05) is 72.8 Å². The standard InChI is InChI=1S/C36H38N2O4/c1-3-23(20-25-10-8-9-13-31(25)39)14-19-32-33-24(4-2)21-29-34(30(33)22-42-32)36(41)38(35(29)40)28-17-15-27(16-18-28)37-26-11-6-5-7-12-26/h5-13,15-18,20,29-30,32,34,37,39H,3-4,14,19,21-22H2,1-2H3/b23-20+/t29-,30+,32-,34-/m1/s1. The molecule has 2 heterocycles. The molecule has 2 saturated heterocycles. The van der Waals surface area contributed by atoms with E-state index in [0.717, 1.165) is 42.6 Å². The van der Waals surface area contributed by atoms with Gasteiger partial charge in [-0.3, -0.25) is 14.5 Å². The number of carbonyl (C=O) groups excluding carboxylic acids is 2. The summed E-state index contributed by atoms with van der Waals surface area (Å²) < 4.78 is 6.38. The summed E-state index contributed by atoms with van der Waals surface area (Å²) in [5.74, 6) is -0.692. The SMILES string of the molecule is CCC1=C2[C@@H](CC/C(=C/c3ccccc3O)CC)OC[C@@H]2[C@@H]2C(=O)N(c3ccc(Nc4ccccc4)cc3)C(=O)[C@@H]2C1. The molecule has 6 rings (SSSR count). The Morgan fingerprint density at radius 1 is 0.929 bits per heavy atom. The van der Waals surface area contributed by atoms with E-state index >= 15 is 0 Å². The van der Waals surface area contributed by atoms with Crippen LogP contribution in [-0.2, 0) is 14.3 Å². The van der Waals surface area contributed by atoms with Crippen molar-refractivity contribution in [1.82, 2.24) is 0 Å². The molecule has 6 nitrogen and oxygen atoms in total. The van der Waals surface area contributed by atoms with E-state index in [1.54, 1.807) is 6.07 Å². The second kappa shape index (κ2) is 12.0. The highest BCUT2D eigenvalue weighted by atomic mass is 16.5. The van der Waals surface area contributed by atoms with Gasteiger partial charge in [-0.2, -0.15) is 0 Å². The molecule has 0 spiro atoms. The number of aromatic hydroxyl groups is 1. The first-order chi connectivity index (χ1) is 20.5. The molecular weight excluding hydrogens is 524 g/mol. The van der Waals surface area contributed by atoms with Crippen molar-refractivity contribution in [1.29, 1.82) is 0 Å². The zero-order valence-electron chi connectivity index (χ0n) is 24.3. The number of hydrogen-bond acceptors (Lipinski definition) is 5. The van der Waals surface area contributed by atoms with Gasteiger partial charge >= 0.3 is 0 Å². The Bertz CT molecular complexity index is 1530. The van der Waals surface area contributed by atoms with Gasteiger partial charge in [0.25, 0.3) is 0 Å². The number of nitrogens with zero attached hydrogens (tertiary/aromatic N) is 1. The average Bonchev–Trinajstić information content (AvgIpc) is 3.54. The molecule has 0 radical (unpaired) electrons. The summed E-state index contributed by atoms with van der Waals surface area (Å²) in [6.45, 7) is 4.75. The zero-order valence-corrected chi connectivity index (χ0v) is 24.3. The van der Waals surface area contributed by atoms with E-state index < -0.39 is 0 Å². The minimum atomic E-state index is -0.377. The van der Waals surface area contributed by atoms with Crippen LogP contribution < -0.4 is 10.2 Å². The van der Waals surface area contributed by atoms with Gasteiger partial charge in [0.1, 0.15) is 5.75 Å². The molecule has 0 saturated carbocycles. The van der Waals surface area contributed by atoms with Crippen molar-refractivity contribution < 1.29 is 19.4 Å². The largest absolute Gasteiger partial charge is 0.507 e. The van der Waals surface area contributed by atoms with Crippen LogP contribution in [0, 0.1) is 17.8 Å². The van der Waals surface area contributed by atoms with Crippen LogP contribution in [0.2, 0.25) is 0 Å². The monoisotopic (exact) mass is 562 g/mol. The number of phenolic OH excluding ortho intramolecular Hbond substituents is 1. The number of imide groups is 1. The summed E-state index contributed by atoms with van der Waals surface area (Å²) in [5.41, 5.74) is 7.10. The number of allylic oxidation sites excluding steroid dienone is 2. The lowest BCUT2D eigenvalue weighted by Crippen LogP contribution is -2.34. The first kappa shape index (κ1) is 28.0. The van der Waals surface area contributed by atoms with Gasteiger partial charge in [-0.1, -0.05) is 67.5 Å². The Kier molecular flexibility index (Phi) is 7.98. The predicted octanol–water partition coefficient (Wildman–Crippen LogP) is 7.64. The maximum atomic E-state index is 13.9. The maximum absolute atomic E-state index is 13.9. The summed E-state index contributed by atoms with van der Waals surface area (Å²) in [5, 5.41) is 13.6. The zero-order chi connectivity index (χ0) is 29.2. The number of ether oxygens (including phenoxy) is 1. The number of rotatable bonds is 9. The number of para-hydroxylation sites is 2. The molecule has 4 atom stereocenters. The Balaban J connectivity index is 1.18. The van der Waals surface area contributed by atoms with E-state index in [0.29, 0.717) is 18.7 Å². The molecule has 3 aliphatic rings. The van der Waals surface area contributed by atoms with Crippen molar-refractivity contribution in [3.63, 3.8) is 0 Å². The number of fused-ring (bicyclic) bond motifs is 3. The van der Waals surface area contributed by atoms with Crippen LogP contribution in [0.3, 0.4) is 0 Å². The molecule has 216 valence electrons. The molecule has 0 unspecified atom stereocenters. The number of nitrogens with one attached hydrogen (secondary N) is 1. The van der Waals surface area contributed by atoms with Crippen LogP contribution in [0.4, 0.5) is 17.1 Å². The molecule has 0 bridgehead atoms. The summed E-state index contributed by atoms with van der Waals surface area (Å²) in [4.78, 5) is 29.0. The molecule has 3 aromatic carbocycles. The fourth-order valence-corrected chi connectivity index (χ4v) is 6.95. The highest BCUT2D eigenvalue weighted by molar-refractivity contribution is 6.22. The molecule has 42 heavy (non-hydrogen) atoms. The predicted molar refractivity (Wildman–Crippen MR) is 166 cm³/mol. The first-order valence-electron chi connectivity index (χ1n) is 15.1. The van der Waals surface area contributed by atoms with Gasteiger partial charge in [-0.25, -0.2) is 0 Å². The van der Waals surface area contributed by atoms with Gasteiger partial charge in [0, 0.05) is 22.9 Å². The molecule has 2 N–H and O–H groups in total. The van der Waals surface area contributed by atoms with Gasteiger partial charge < -0.3 is 15.2 Å². The van der Waals surface area contributed by atoms with Crippen LogP contribution in [-0.4, -0.2) is 29.6 Å². The van der Waals surface area contributed by atoms with Gasteiger partial charge in [0.15, 0.2) is 0 Å². The van der Waals surface area contributed by atoms with E-state index in [9.17, 15) is 14.7 Å². The third kappa shape index (κ3) is 5.27. The molecule has 3 aromatic rings. The number of anilines is 3. The minimum absolute atomic E-state index is 0.0504. The fourth-order valence-electron chi connectivity index (χ4n) is 6.95. The van der Waals surface area contributed by atoms with Crippen molar-refractivity contribution in [2.45, 2.75) is 52.1 Å². The Hall–Kier alpha value is -4.16. The quantitative estimate of drug-likeness (QED) is 0.207. The smallest absolute Gasteiger partial charge is 0.238 e. The summed E-state index contributed by atoms with van der Waals surface area (Å²) >= 11 is 0. The first-order valence-corrected chi connectivity index (χ1v) is 15.1. The van der Waals surface area contributed by atoms with E-state index in [-0.39, 0.29) is 41.4 Å². The summed E-state index contributed by atoms with van der Waals surface area (Å²) in [6.07, 6.45) is 6.05. The number of phenols is 1. The van der Waals surface area contributed by atoms with Crippen molar-refractivity contribution in [3.05, 3.63) is 101 Å². The molecule has 1 aliphatic carbocycles. The van der Waals surface area contributed by atoms with Crippen LogP contribution >= 0.6 is 0 Å². The van der Waals surface area contributed by atoms with Gasteiger partial charge in [0.2, 0.25) is 11.8 Å². The number of hydrogen-bond donors (Lipinski definition) is 2. The molecule has 6 heteroatoms. The van der Waals surface area contributed by atoms with E-state index in [2.05, 4.69) is 25.2 Å². The third-order valence-corrected chi connectivity index (χ3v) is 9.10. The normalized spacial score (nSPS) is 23.8. The van der Waals surface area contributed by atoms with Crippen molar-refractivity contribution in [2.75, 3.05) is 16.8 Å². The summed E-state index contributed by atoms with van der Waals surface area (Å²) in [7, 11) is 0. The highest BCUT2D eigenvalue weighted by Gasteiger charge is 2.57. The van der Waals surface area contributed by atoms with Crippen LogP contribution in [0.5, 0.6) is 5.75 Å². The third-order valence-electron chi connectivity index (χ3n) is 9.10. The van der Waals surface area contributed by atoms with Crippen molar-refractivity contribution >= 4 is 35.0 Å². The number of amides is 2. The molecule has 2 fully saturated rings. The second-order valence-corrected chi connectivity index (χ2v) is 11.5. The van der Waals surface area contributed by atoms with Gasteiger partial charge in [0.05, 0.1) is 30.2 Å². The van der Waals surface area contributed by atoms with Crippen LogP contribution in [0.1, 0.15) is 51.5 Å². The van der Waals surface area contributed by atoms with Crippen LogP contribution in [0.15, 0.2) is 95.6 Å². The Morgan fingerprint density at radius 2 is 1.64 bits per heavy atom. The van der Waals surface area contributed by atoms with Crippen LogP contribution in [0.25, 0.3) is 6.08 Å². The number of benzene rings is 3. The van der Waals surface area contributed by atoms with Crippen molar-refractivity contribution in [3.8, 4) is 5.75 Å². The average molecular weight is 563 g/mol. The van der Waals surface area contributed by atoms with E-state index in [1.165, 1.54) is 21.6 Å². The lowest BCUT2D eigenvalue weighted by Gasteiger charge is -2.31. The highest BCUT2D eigenvalue weighted by Crippen LogP contribution is 2.51. The molecule has 0 aromatic heterocycles. The topological polar surface area (TPSA) is 78.9 Å². The Morgan fingerprint density at radius 3 is 2.36 bits per heavy atom. The second-order valence-electron chi connectivity index (χ2n) is 11.5. The molecule has 2 aliphatic heterocycles. The number of carbonyl (C=O) groups is 2. The van der Waals surface area contributed by atoms with E-state index in [4.69, 9.17) is 4.74 Å².